The van der Waals surface area contributed by atoms with Crippen LogP contribution in [0.15, 0.2) is 4.99 Å². The van der Waals surface area contributed by atoms with Crippen LogP contribution < -0.4 is 16.0 Å². The molecule has 1 amide bonds. The number of nitrogens with one attached hydrogen (secondary N) is 3. The van der Waals surface area contributed by atoms with E-state index in [9.17, 15) is 4.79 Å². The van der Waals surface area contributed by atoms with Crippen LogP contribution in [0.25, 0.3) is 0 Å². The number of rotatable bonds is 10. The maximum absolute atomic E-state index is 11.9. The first-order chi connectivity index (χ1) is 11.3. The molecule has 0 unspecified atom stereocenters. The highest BCUT2D eigenvalue weighted by molar-refractivity contribution is 5.86. The van der Waals surface area contributed by atoms with Crippen LogP contribution in [-0.2, 0) is 9.53 Å². The fourth-order valence-corrected chi connectivity index (χ4v) is 2.64. The molecule has 0 aliphatic heterocycles. The first-order valence-electron chi connectivity index (χ1n) is 9.08. The predicted molar refractivity (Wildman–Crippen MR) is 94.7 cm³/mol. The van der Waals surface area contributed by atoms with E-state index in [0.717, 1.165) is 51.9 Å². The van der Waals surface area contributed by atoms with Gasteiger partial charge in [0.05, 0.1) is 6.54 Å². The molecule has 0 aromatic carbocycles. The van der Waals surface area contributed by atoms with E-state index in [1.54, 1.807) is 7.05 Å². The molecule has 1 saturated carbocycles. The standard InChI is InChI=1S/C17H34N4O2/c1-3-4-12-23-13-8-11-19-17(18-2)20-14-16(22)21-15-9-6-5-7-10-15/h15H,3-14H2,1-2H3,(H,21,22)(H2,18,19,20). The number of hydrogen-bond acceptors (Lipinski definition) is 3. The Hall–Kier alpha value is -1.30. The third kappa shape index (κ3) is 10.2. The van der Waals surface area contributed by atoms with Crippen molar-refractivity contribution in [2.24, 2.45) is 4.99 Å². The molecule has 1 aliphatic rings. The van der Waals surface area contributed by atoms with Gasteiger partial charge in [0.2, 0.25) is 5.91 Å². The smallest absolute Gasteiger partial charge is 0.239 e. The summed E-state index contributed by atoms with van der Waals surface area (Å²) in [6.07, 6.45) is 9.17. The van der Waals surface area contributed by atoms with E-state index in [1.807, 2.05) is 0 Å². The number of unbranched alkanes of at least 4 members (excludes halogenated alkanes) is 1. The molecule has 0 heterocycles. The second-order valence-corrected chi connectivity index (χ2v) is 6.07. The predicted octanol–water partition coefficient (Wildman–Crippen LogP) is 1.81. The van der Waals surface area contributed by atoms with Crippen LogP contribution in [0.1, 0.15) is 58.3 Å². The number of amides is 1. The Balaban J connectivity index is 2.05. The minimum atomic E-state index is 0.0442. The molecule has 0 spiro atoms. The van der Waals surface area contributed by atoms with E-state index in [4.69, 9.17) is 4.74 Å². The maximum Gasteiger partial charge on any atom is 0.239 e. The number of guanidine groups is 1. The quantitative estimate of drug-likeness (QED) is 0.325. The van der Waals surface area contributed by atoms with Crippen molar-refractivity contribution in [1.82, 2.24) is 16.0 Å². The third-order valence-electron chi connectivity index (χ3n) is 4.01. The highest BCUT2D eigenvalue weighted by atomic mass is 16.5. The second-order valence-electron chi connectivity index (χ2n) is 6.07. The van der Waals surface area contributed by atoms with Crippen LogP contribution in [0.3, 0.4) is 0 Å². The second kappa shape index (κ2) is 13.2. The lowest BCUT2D eigenvalue weighted by Crippen LogP contribution is -2.46. The average Bonchev–Trinajstić information content (AvgIpc) is 2.57. The minimum Gasteiger partial charge on any atom is -0.381 e. The lowest BCUT2D eigenvalue weighted by molar-refractivity contribution is -0.120. The van der Waals surface area contributed by atoms with Gasteiger partial charge in [-0.1, -0.05) is 32.6 Å². The van der Waals surface area contributed by atoms with Crippen LogP contribution in [0, 0.1) is 0 Å². The van der Waals surface area contributed by atoms with Gasteiger partial charge in [-0.2, -0.15) is 0 Å². The van der Waals surface area contributed by atoms with Gasteiger partial charge in [0.15, 0.2) is 5.96 Å². The summed E-state index contributed by atoms with van der Waals surface area (Å²) in [5.74, 6) is 0.708. The Bertz CT molecular complexity index is 341. The van der Waals surface area contributed by atoms with Gasteiger partial charge in [-0.05, 0) is 25.7 Å². The highest BCUT2D eigenvalue weighted by Crippen LogP contribution is 2.16. The molecule has 1 rings (SSSR count). The number of aliphatic imine (C=N–C) groups is 1. The van der Waals surface area contributed by atoms with Crippen molar-refractivity contribution in [2.45, 2.75) is 64.3 Å². The Morgan fingerprint density at radius 1 is 1.13 bits per heavy atom. The van der Waals surface area contributed by atoms with Crippen LogP contribution in [0.2, 0.25) is 0 Å². The lowest BCUT2D eigenvalue weighted by atomic mass is 9.95. The SMILES string of the molecule is CCCCOCCCNC(=NC)NCC(=O)NC1CCCCC1. The normalized spacial score (nSPS) is 16.2. The summed E-state index contributed by atoms with van der Waals surface area (Å²) < 4.78 is 5.51. The molecular weight excluding hydrogens is 292 g/mol. The molecule has 0 bridgehead atoms. The van der Waals surface area contributed by atoms with Crippen molar-refractivity contribution in [3.8, 4) is 0 Å². The van der Waals surface area contributed by atoms with E-state index >= 15 is 0 Å². The lowest BCUT2D eigenvalue weighted by Gasteiger charge is -2.23. The summed E-state index contributed by atoms with van der Waals surface area (Å²) in [5, 5.41) is 9.34. The van der Waals surface area contributed by atoms with Crippen molar-refractivity contribution in [3.05, 3.63) is 0 Å². The molecule has 1 fully saturated rings. The zero-order valence-electron chi connectivity index (χ0n) is 14.8. The van der Waals surface area contributed by atoms with Crippen LogP contribution in [0.5, 0.6) is 0 Å². The Morgan fingerprint density at radius 2 is 1.87 bits per heavy atom. The summed E-state index contributed by atoms with van der Waals surface area (Å²) in [5.41, 5.74) is 0. The first kappa shape index (κ1) is 19.7. The van der Waals surface area contributed by atoms with E-state index in [-0.39, 0.29) is 12.5 Å². The fraction of sp³-hybridized carbons (Fsp3) is 0.882. The molecule has 0 aromatic rings. The Kier molecular flexibility index (Phi) is 11.3. The van der Waals surface area contributed by atoms with Gasteiger partial charge in [-0.3, -0.25) is 9.79 Å². The summed E-state index contributed by atoms with van der Waals surface area (Å²) >= 11 is 0. The monoisotopic (exact) mass is 326 g/mol. The number of ether oxygens (including phenoxy) is 1. The number of carbonyl (C=O) groups excluding carboxylic acids is 1. The molecule has 3 N–H and O–H groups in total. The molecule has 0 aromatic heterocycles. The topological polar surface area (TPSA) is 74.8 Å². The molecule has 23 heavy (non-hydrogen) atoms. The fourth-order valence-electron chi connectivity index (χ4n) is 2.64. The first-order valence-corrected chi connectivity index (χ1v) is 9.08. The van der Waals surface area contributed by atoms with Crippen LogP contribution in [-0.4, -0.2) is 51.3 Å². The molecule has 6 heteroatoms. The zero-order valence-corrected chi connectivity index (χ0v) is 14.8. The summed E-state index contributed by atoms with van der Waals surface area (Å²) in [6, 6.07) is 0.355. The van der Waals surface area contributed by atoms with E-state index in [1.165, 1.54) is 19.3 Å². The van der Waals surface area contributed by atoms with E-state index < -0.39 is 0 Å². The molecule has 0 saturated heterocycles. The summed E-state index contributed by atoms with van der Waals surface area (Å²) in [4.78, 5) is 16.1. The molecule has 0 atom stereocenters. The molecular formula is C17H34N4O2. The number of hydrogen-bond donors (Lipinski definition) is 3. The van der Waals surface area contributed by atoms with Crippen molar-refractivity contribution in [3.63, 3.8) is 0 Å². The van der Waals surface area contributed by atoms with E-state index in [2.05, 4.69) is 27.9 Å². The van der Waals surface area contributed by atoms with E-state index in [0.29, 0.717) is 12.0 Å². The van der Waals surface area contributed by atoms with Gasteiger partial charge in [0, 0.05) is 32.8 Å². The van der Waals surface area contributed by atoms with Gasteiger partial charge in [0.25, 0.3) is 0 Å². The molecule has 134 valence electrons. The number of carbonyl (C=O) groups is 1. The molecule has 0 radical (unpaired) electrons. The molecule has 1 aliphatic carbocycles. The zero-order chi connectivity index (χ0) is 16.8. The van der Waals surface area contributed by atoms with Crippen molar-refractivity contribution in [1.29, 1.82) is 0 Å². The van der Waals surface area contributed by atoms with Gasteiger partial charge in [-0.25, -0.2) is 0 Å². The maximum atomic E-state index is 11.9. The van der Waals surface area contributed by atoms with Gasteiger partial charge >= 0.3 is 0 Å². The Labute approximate surface area is 140 Å². The third-order valence-corrected chi connectivity index (χ3v) is 4.01. The summed E-state index contributed by atoms with van der Waals surface area (Å²) in [7, 11) is 1.71. The largest absolute Gasteiger partial charge is 0.381 e. The van der Waals surface area contributed by atoms with Gasteiger partial charge in [-0.15, -0.1) is 0 Å². The molecule has 6 nitrogen and oxygen atoms in total. The van der Waals surface area contributed by atoms with Gasteiger partial charge < -0.3 is 20.7 Å². The minimum absolute atomic E-state index is 0.0442. The average molecular weight is 326 g/mol. The van der Waals surface area contributed by atoms with Gasteiger partial charge in [0.1, 0.15) is 0 Å². The van der Waals surface area contributed by atoms with Crippen LogP contribution in [0.4, 0.5) is 0 Å². The van der Waals surface area contributed by atoms with Crippen molar-refractivity contribution in [2.75, 3.05) is 33.4 Å². The summed E-state index contributed by atoms with van der Waals surface area (Å²) in [6.45, 7) is 4.81. The Morgan fingerprint density at radius 3 is 2.57 bits per heavy atom. The van der Waals surface area contributed by atoms with Crippen LogP contribution >= 0.6 is 0 Å². The van der Waals surface area contributed by atoms with Crippen molar-refractivity contribution < 1.29 is 9.53 Å². The number of nitrogens with zero attached hydrogens (tertiary/aromatic N) is 1. The highest BCUT2D eigenvalue weighted by Gasteiger charge is 2.15. The van der Waals surface area contributed by atoms with Crippen molar-refractivity contribution >= 4 is 11.9 Å².